The van der Waals surface area contributed by atoms with Crippen molar-refractivity contribution in [1.29, 1.82) is 0 Å². The average Bonchev–Trinajstić information content (AvgIpc) is 2.27. The van der Waals surface area contributed by atoms with Crippen LogP contribution in [0.3, 0.4) is 0 Å². The number of carbonyl (C=O) groups is 3. The third kappa shape index (κ3) is 4.92. The molecule has 0 aromatic rings. The number of hydrogen-bond acceptors (Lipinski definition) is 5. The standard InChI is InChI=1S/C10H17NO6S/c1-3-4-18-5-6(7(12)13)11-8(14)10(2,17)9(15)16/h6,17H,3-5H2,1-2H3,(H,11,14)(H,12,13)(H,15,16). The number of aliphatic carboxylic acids is 2. The molecule has 7 nitrogen and oxygen atoms in total. The minimum atomic E-state index is -2.64. The number of nitrogens with one attached hydrogen (secondary N) is 1. The van der Waals surface area contributed by atoms with Gasteiger partial charge in [-0.05, 0) is 19.1 Å². The summed E-state index contributed by atoms with van der Waals surface area (Å²) in [5, 5.41) is 28.8. The van der Waals surface area contributed by atoms with E-state index in [9.17, 15) is 19.5 Å². The van der Waals surface area contributed by atoms with Crippen LogP contribution in [0.15, 0.2) is 0 Å². The fraction of sp³-hybridized carbons (Fsp3) is 0.700. The summed E-state index contributed by atoms with van der Waals surface area (Å²) in [5.41, 5.74) is -2.64. The smallest absolute Gasteiger partial charge is 0.345 e. The number of rotatable bonds is 8. The molecule has 1 amide bonds. The first-order valence-electron chi connectivity index (χ1n) is 5.30. The summed E-state index contributed by atoms with van der Waals surface area (Å²) in [7, 11) is 0. The molecule has 0 spiro atoms. The maximum atomic E-state index is 11.4. The van der Waals surface area contributed by atoms with Gasteiger partial charge in [0.05, 0.1) is 0 Å². The third-order valence-electron chi connectivity index (χ3n) is 2.09. The highest BCUT2D eigenvalue weighted by atomic mass is 32.2. The van der Waals surface area contributed by atoms with Crippen molar-refractivity contribution in [2.45, 2.75) is 31.9 Å². The van der Waals surface area contributed by atoms with Gasteiger partial charge in [0.15, 0.2) is 0 Å². The van der Waals surface area contributed by atoms with Crippen molar-refractivity contribution in [2.75, 3.05) is 11.5 Å². The molecule has 0 bridgehead atoms. The number of carboxylic acids is 2. The van der Waals surface area contributed by atoms with E-state index in [4.69, 9.17) is 10.2 Å². The molecule has 0 rings (SSSR count). The second-order valence-corrected chi connectivity index (χ2v) is 4.97. The molecule has 104 valence electrons. The lowest BCUT2D eigenvalue weighted by atomic mass is 10.1. The Kier molecular flexibility index (Phi) is 6.71. The number of hydrogen-bond donors (Lipinski definition) is 4. The Bertz CT molecular complexity index is 330. The van der Waals surface area contributed by atoms with Crippen LogP contribution in [0.2, 0.25) is 0 Å². The van der Waals surface area contributed by atoms with E-state index in [1.165, 1.54) is 11.8 Å². The average molecular weight is 279 g/mol. The molecule has 0 aliphatic carbocycles. The zero-order valence-corrected chi connectivity index (χ0v) is 11.0. The lowest BCUT2D eigenvalue weighted by Gasteiger charge is -2.20. The van der Waals surface area contributed by atoms with Gasteiger partial charge in [0.25, 0.3) is 5.91 Å². The molecule has 2 atom stereocenters. The van der Waals surface area contributed by atoms with Crippen molar-refractivity contribution in [3.8, 4) is 0 Å². The highest BCUT2D eigenvalue weighted by Crippen LogP contribution is 2.08. The van der Waals surface area contributed by atoms with Crippen molar-refractivity contribution in [1.82, 2.24) is 5.32 Å². The maximum Gasteiger partial charge on any atom is 0.345 e. The van der Waals surface area contributed by atoms with E-state index in [1.807, 2.05) is 12.2 Å². The van der Waals surface area contributed by atoms with E-state index in [0.29, 0.717) is 0 Å². The first-order valence-corrected chi connectivity index (χ1v) is 6.46. The fourth-order valence-electron chi connectivity index (χ4n) is 0.916. The van der Waals surface area contributed by atoms with Gasteiger partial charge in [0.1, 0.15) is 6.04 Å². The Balaban J connectivity index is 4.55. The van der Waals surface area contributed by atoms with Crippen molar-refractivity contribution in [3.63, 3.8) is 0 Å². The van der Waals surface area contributed by atoms with Gasteiger partial charge in [0, 0.05) is 5.75 Å². The van der Waals surface area contributed by atoms with Gasteiger partial charge in [-0.3, -0.25) is 4.79 Å². The summed E-state index contributed by atoms with van der Waals surface area (Å²) < 4.78 is 0. The molecule has 0 aromatic heterocycles. The molecule has 0 radical (unpaired) electrons. The lowest BCUT2D eigenvalue weighted by Crippen LogP contribution is -2.55. The van der Waals surface area contributed by atoms with Gasteiger partial charge in [-0.15, -0.1) is 0 Å². The highest BCUT2D eigenvalue weighted by molar-refractivity contribution is 7.99. The first kappa shape index (κ1) is 16.7. The van der Waals surface area contributed by atoms with Crippen LogP contribution < -0.4 is 5.32 Å². The zero-order valence-electron chi connectivity index (χ0n) is 10.2. The number of carboxylic acid groups (broad SMARTS) is 2. The van der Waals surface area contributed by atoms with E-state index < -0.39 is 29.5 Å². The molecule has 2 unspecified atom stereocenters. The Morgan fingerprint density at radius 1 is 1.33 bits per heavy atom. The van der Waals surface area contributed by atoms with Crippen molar-refractivity contribution >= 4 is 29.6 Å². The second-order valence-electron chi connectivity index (χ2n) is 3.82. The normalized spacial score (nSPS) is 15.5. The van der Waals surface area contributed by atoms with Gasteiger partial charge < -0.3 is 20.6 Å². The van der Waals surface area contributed by atoms with Crippen LogP contribution in [-0.2, 0) is 14.4 Å². The summed E-state index contributed by atoms with van der Waals surface area (Å²) in [5.74, 6) is -3.39. The molecule has 8 heteroatoms. The van der Waals surface area contributed by atoms with Crippen LogP contribution in [0.5, 0.6) is 0 Å². The summed E-state index contributed by atoms with van der Waals surface area (Å²) >= 11 is 1.33. The molecule has 0 fully saturated rings. The SMILES string of the molecule is CCCSCC(NC(=O)C(C)(O)C(=O)O)C(=O)O. The van der Waals surface area contributed by atoms with Gasteiger partial charge in [0.2, 0.25) is 5.60 Å². The highest BCUT2D eigenvalue weighted by Gasteiger charge is 2.40. The van der Waals surface area contributed by atoms with Gasteiger partial charge in [-0.25, -0.2) is 9.59 Å². The number of thioether (sulfide) groups is 1. The molecule has 0 aliphatic heterocycles. The van der Waals surface area contributed by atoms with E-state index in [1.54, 1.807) is 0 Å². The van der Waals surface area contributed by atoms with Gasteiger partial charge in [-0.2, -0.15) is 11.8 Å². The van der Waals surface area contributed by atoms with Crippen molar-refractivity contribution in [3.05, 3.63) is 0 Å². The molecule has 0 aliphatic rings. The molecular weight excluding hydrogens is 262 g/mol. The number of aliphatic hydroxyl groups is 1. The molecule has 18 heavy (non-hydrogen) atoms. The topological polar surface area (TPSA) is 124 Å². The van der Waals surface area contributed by atoms with Crippen LogP contribution >= 0.6 is 11.8 Å². The van der Waals surface area contributed by atoms with Crippen molar-refractivity contribution in [2.24, 2.45) is 0 Å². The number of carbonyl (C=O) groups excluding carboxylic acids is 1. The molecule has 0 heterocycles. The first-order chi connectivity index (χ1) is 8.23. The Labute approximate surface area is 109 Å². The minimum Gasteiger partial charge on any atom is -0.480 e. The lowest BCUT2D eigenvalue weighted by molar-refractivity contribution is -0.165. The van der Waals surface area contributed by atoms with Crippen LogP contribution in [0.4, 0.5) is 0 Å². The summed E-state index contributed by atoms with van der Waals surface area (Å²) in [4.78, 5) is 32.9. The largest absolute Gasteiger partial charge is 0.480 e. The quantitative estimate of drug-likeness (QED) is 0.350. The molecular formula is C10H17NO6S. The van der Waals surface area contributed by atoms with Gasteiger partial charge >= 0.3 is 11.9 Å². The predicted molar refractivity (Wildman–Crippen MR) is 65.4 cm³/mol. The second kappa shape index (κ2) is 7.22. The van der Waals surface area contributed by atoms with E-state index >= 15 is 0 Å². The molecule has 0 saturated heterocycles. The predicted octanol–water partition coefficient (Wildman–Crippen LogP) is -0.465. The summed E-state index contributed by atoms with van der Waals surface area (Å²) in [6.45, 7) is 2.72. The van der Waals surface area contributed by atoms with Crippen molar-refractivity contribution < 1.29 is 29.7 Å². The third-order valence-corrected chi connectivity index (χ3v) is 3.36. The minimum absolute atomic E-state index is 0.116. The summed E-state index contributed by atoms with van der Waals surface area (Å²) in [6, 6.07) is -1.22. The Morgan fingerprint density at radius 3 is 2.28 bits per heavy atom. The maximum absolute atomic E-state index is 11.4. The van der Waals surface area contributed by atoms with Crippen LogP contribution in [0.25, 0.3) is 0 Å². The molecule has 0 aromatic carbocycles. The van der Waals surface area contributed by atoms with Crippen LogP contribution in [-0.4, -0.2) is 56.3 Å². The molecule has 0 saturated carbocycles. The van der Waals surface area contributed by atoms with Crippen LogP contribution in [0, 0.1) is 0 Å². The Morgan fingerprint density at radius 2 is 1.89 bits per heavy atom. The monoisotopic (exact) mass is 279 g/mol. The van der Waals surface area contributed by atoms with E-state index in [0.717, 1.165) is 19.1 Å². The zero-order chi connectivity index (χ0) is 14.3. The van der Waals surface area contributed by atoms with Crippen LogP contribution in [0.1, 0.15) is 20.3 Å². The molecule has 4 N–H and O–H groups in total. The van der Waals surface area contributed by atoms with Gasteiger partial charge in [-0.1, -0.05) is 6.92 Å². The van der Waals surface area contributed by atoms with E-state index in [-0.39, 0.29) is 5.75 Å². The Hall–Kier alpha value is -1.28. The fourth-order valence-corrected chi connectivity index (χ4v) is 1.83. The number of amides is 1. The summed E-state index contributed by atoms with van der Waals surface area (Å²) in [6.07, 6.45) is 0.859. The van der Waals surface area contributed by atoms with E-state index in [2.05, 4.69) is 0 Å².